The second-order valence-electron chi connectivity index (χ2n) is 4.89. The molecular formula is C17H30O7. The van der Waals surface area contributed by atoms with Crippen LogP contribution in [0.2, 0.25) is 0 Å². The van der Waals surface area contributed by atoms with Crippen molar-refractivity contribution in [1.82, 2.24) is 0 Å². The molecule has 7 heteroatoms. The van der Waals surface area contributed by atoms with E-state index in [1.807, 2.05) is 0 Å². The summed E-state index contributed by atoms with van der Waals surface area (Å²) < 4.78 is 25.6. The Kier molecular flexibility index (Phi) is 16.8. The van der Waals surface area contributed by atoms with Crippen molar-refractivity contribution in [1.29, 1.82) is 0 Å². The maximum atomic E-state index is 11.3. The fourth-order valence-corrected chi connectivity index (χ4v) is 1.61. The van der Waals surface area contributed by atoms with E-state index in [9.17, 15) is 9.59 Å². The van der Waals surface area contributed by atoms with E-state index in [-0.39, 0.29) is 19.2 Å². The number of hydrogen-bond acceptors (Lipinski definition) is 7. The molecular weight excluding hydrogens is 316 g/mol. The molecule has 0 saturated carbocycles. The quantitative estimate of drug-likeness (QED) is 0.226. The smallest absolute Gasteiger partial charge is 0.330 e. The number of rotatable bonds is 17. The van der Waals surface area contributed by atoms with Crippen LogP contribution in [-0.4, -0.2) is 64.8 Å². The average molecular weight is 346 g/mol. The molecule has 0 heterocycles. The Hall–Kier alpha value is -1.44. The molecule has 0 atom stereocenters. The highest BCUT2D eigenvalue weighted by Gasteiger charge is 2.01. The van der Waals surface area contributed by atoms with Gasteiger partial charge in [0.1, 0.15) is 13.2 Å². The summed E-state index contributed by atoms with van der Waals surface area (Å²) in [6.45, 7) is 8.28. The van der Waals surface area contributed by atoms with Gasteiger partial charge in [-0.2, -0.15) is 0 Å². The molecule has 0 N–H and O–H groups in total. The van der Waals surface area contributed by atoms with E-state index in [0.29, 0.717) is 46.1 Å². The lowest BCUT2D eigenvalue weighted by Crippen LogP contribution is -2.14. The summed E-state index contributed by atoms with van der Waals surface area (Å²) in [7, 11) is 0. The van der Waals surface area contributed by atoms with E-state index in [4.69, 9.17) is 23.7 Å². The van der Waals surface area contributed by atoms with Gasteiger partial charge in [0.05, 0.1) is 39.6 Å². The van der Waals surface area contributed by atoms with Crippen LogP contribution in [0.15, 0.2) is 12.7 Å². The molecule has 24 heavy (non-hydrogen) atoms. The predicted octanol–water partition coefficient (Wildman–Crippen LogP) is 1.89. The van der Waals surface area contributed by atoms with Gasteiger partial charge in [0, 0.05) is 12.5 Å². The standard InChI is InChI=1S/C17H30O7/c1-3-5-6-7-17(19)24-15-13-22-11-9-20-8-10-21-12-14-23-16(18)4-2/h4H,2-3,5-15H2,1H3. The Morgan fingerprint density at radius 1 is 0.792 bits per heavy atom. The maximum absolute atomic E-state index is 11.3. The van der Waals surface area contributed by atoms with Gasteiger partial charge in [0.25, 0.3) is 0 Å². The van der Waals surface area contributed by atoms with Crippen LogP contribution in [0, 0.1) is 0 Å². The van der Waals surface area contributed by atoms with Crippen molar-refractivity contribution in [2.45, 2.75) is 32.6 Å². The Bertz CT molecular complexity index is 331. The molecule has 0 radical (unpaired) electrons. The molecule has 0 fully saturated rings. The fraction of sp³-hybridized carbons (Fsp3) is 0.765. The molecule has 0 spiro atoms. The van der Waals surface area contributed by atoms with E-state index in [0.717, 1.165) is 25.3 Å². The van der Waals surface area contributed by atoms with Crippen LogP contribution < -0.4 is 0 Å². The normalized spacial score (nSPS) is 10.4. The van der Waals surface area contributed by atoms with E-state index in [1.165, 1.54) is 0 Å². The first kappa shape index (κ1) is 22.6. The van der Waals surface area contributed by atoms with Crippen LogP contribution in [0.4, 0.5) is 0 Å². The number of ether oxygens (including phenoxy) is 5. The molecule has 0 amide bonds. The SMILES string of the molecule is C=CC(=O)OCCOCCOCCOCCOC(=O)CCCCC. The van der Waals surface area contributed by atoms with Gasteiger partial charge < -0.3 is 23.7 Å². The predicted molar refractivity (Wildman–Crippen MR) is 88.7 cm³/mol. The van der Waals surface area contributed by atoms with Crippen LogP contribution in [0.3, 0.4) is 0 Å². The van der Waals surface area contributed by atoms with Crippen molar-refractivity contribution in [2.75, 3.05) is 52.9 Å². The minimum atomic E-state index is -0.460. The van der Waals surface area contributed by atoms with Crippen LogP contribution in [0.1, 0.15) is 32.6 Å². The third-order valence-electron chi connectivity index (χ3n) is 2.86. The number of esters is 2. The van der Waals surface area contributed by atoms with Crippen LogP contribution in [0.5, 0.6) is 0 Å². The van der Waals surface area contributed by atoms with Gasteiger partial charge >= 0.3 is 11.9 Å². The summed E-state index contributed by atoms with van der Waals surface area (Å²) in [6, 6.07) is 0. The summed E-state index contributed by atoms with van der Waals surface area (Å²) in [5, 5.41) is 0. The van der Waals surface area contributed by atoms with Crippen LogP contribution in [0.25, 0.3) is 0 Å². The summed E-state index contributed by atoms with van der Waals surface area (Å²) in [4.78, 5) is 22.0. The zero-order chi connectivity index (χ0) is 17.9. The number of hydrogen-bond donors (Lipinski definition) is 0. The van der Waals surface area contributed by atoms with Crippen molar-refractivity contribution in [3.63, 3.8) is 0 Å². The van der Waals surface area contributed by atoms with Gasteiger partial charge in [0.2, 0.25) is 0 Å². The summed E-state index contributed by atoms with van der Waals surface area (Å²) in [5.41, 5.74) is 0. The second-order valence-corrected chi connectivity index (χ2v) is 4.89. The van der Waals surface area contributed by atoms with Crippen LogP contribution in [-0.2, 0) is 33.3 Å². The topological polar surface area (TPSA) is 80.3 Å². The highest BCUT2D eigenvalue weighted by Crippen LogP contribution is 2.00. The van der Waals surface area contributed by atoms with Crippen molar-refractivity contribution in [3.8, 4) is 0 Å². The van der Waals surface area contributed by atoms with Crippen molar-refractivity contribution >= 4 is 11.9 Å². The number of carbonyl (C=O) groups excluding carboxylic acids is 2. The lowest BCUT2D eigenvalue weighted by Gasteiger charge is -2.07. The van der Waals surface area contributed by atoms with Gasteiger partial charge in [-0.25, -0.2) is 4.79 Å². The summed E-state index contributed by atoms with van der Waals surface area (Å²) in [5.74, 6) is -0.627. The zero-order valence-electron chi connectivity index (χ0n) is 14.6. The molecule has 140 valence electrons. The second kappa shape index (κ2) is 17.9. The molecule has 7 nitrogen and oxygen atoms in total. The van der Waals surface area contributed by atoms with Gasteiger partial charge in [-0.05, 0) is 6.42 Å². The van der Waals surface area contributed by atoms with Crippen LogP contribution >= 0.6 is 0 Å². The maximum Gasteiger partial charge on any atom is 0.330 e. The first-order valence-electron chi connectivity index (χ1n) is 8.38. The lowest BCUT2D eigenvalue weighted by molar-refractivity contribution is -0.145. The molecule has 0 aromatic carbocycles. The molecule has 0 aliphatic carbocycles. The lowest BCUT2D eigenvalue weighted by atomic mass is 10.2. The molecule has 0 aliphatic heterocycles. The zero-order valence-corrected chi connectivity index (χ0v) is 14.6. The van der Waals surface area contributed by atoms with Gasteiger partial charge in [-0.1, -0.05) is 26.3 Å². The Balaban J connectivity index is 3.13. The van der Waals surface area contributed by atoms with Crippen molar-refractivity contribution in [3.05, 3.63) is 12.7 Å². The molecule has 0 aromatic heterocycles. The average Bonchev–Trinajstić information content (AvgIpc) is 2.58. The Morgan fingerprint density at radius 3 is 1.79 bits per heavy atom. The summed E-state index contributed by atoms with van der Waals surface area (Å²) >= 11 is 0. The molecule has 0 bridgehead atoms. The minimum Gasteiger partial charge on any atom is -0.463 e. The third kappa shape index (κ3) is 16.9. The van der Waals surface area contributed by atoms with Crippen molar-refractivity contribution in [2.24, 2.45) is 0 Å². The number of carbonyl (C=O) groups is 2. The highest BCUT2D eigenvalue weighted by atomic mass is 16.6. The van der Waals surface area contributed by atoms with Crippen molar-refractivity contribution < 1.29 is 33.3 Å². The van der Waals surface area contributed by atoms with E-state index < -0.39 is 5.97 Å². The third-order valence-corrected chi connectivity index (χ3v) is 2.86. The monoisotopic (exact) mass is 346 g/mol. The van der Waals surface area contributed by atoms with Gasteiger partial charge in [0.15, 0.2) is 0 Å². The van der Waals surface area contributed by atoms with E-state index in [1.54, 1.807) is 0 Å². The van der Waals surface area contributed by atoms with Gasteiger partial charge in [-0.15, -0.1) is 0 Å². The Morgan fingerprint density at radius 2 is 1.29 bits per heavy atom. The molecule has 0 aliphatic rings. The highest BCUT2D eigenvalue weighted by molar-refractivity contribution is 5.81. The van der Waals surface area contributed by atoms with E-state index in [2.05, 4.69) is 13.5 Å². The minimum absolute atomic E-state index is 0.167. The molecule has 0 saturated heterocycles. The van der Waals surface area contributed by atoms with Gasteiger partial charge in [-0.3, -0.25) is 4.79 Å². The fourth-order valence-electron chi connectivity index (χ4n) is 1.61. The summed E-state index contributed by atoms with van der Waals surface area (Å²) in [6.07, 6.45) is 4.60. The first-order valence-corrected chi connectivity index (χ1v) is 8.38. The largest absolute Gasteiger partial charge is 0.463 e. The molecule has 0 rings (SSSR count). The number of unbranched alkanes of at least 4 members (excludes halogenated alkanes) is 2. The molecule has 0 aromatic rings. The Labute approximate surface area is 144 Å². The van der Waals surface area contributed by atoms with E-state index >= 15 is 0 Å². The first-order chi connectivity index (χ1) is 11.7. The molecule has 0 unspecified atom stereocenters.